The van der Waals surface area contributed by atoms with Crippen molar-refractivity contribution in [3.63, 3.8) is 0 Å². The van der Waals surface area contributed by atoms with Crippen molar-refractivity contribution in [2.75, 3.05) is 43.0 Å². The summed E-state index contributed by atoms with van der Waals surface area (Å²) in [6.07, 6.45) is 3.39. The molecule has 3 nitrogen and oxygen atoms in total. The number of nitrogens with zero attached hydrogens (tertiary/aromatic N) is 2. The molecule has 0 bridgehead atoms. The van der Waals surface area contributed by atoms with Gasteiger partial charge in [-0.25, -0.2) is 0 Å². The first kappa shape index (κ1) is 13.2. The lowest BCUT2D eigenvalue weighted by Gasteiger charge is -2.27. The smallest absolute Gasteiger partial charge is 0.0633 e. The van der Waals surface area contributed by atoms with E-state index < -0.39 is 0 Å². The Labute approximate surface area is 111 Å². The Kier molecular flexibility index (Phi) is 4.48. The number of aryl methyl sites for hydroxylation is 1. The minimum atomic E-state index is 0.773. The van der Waals surface area contributed by atoms with Crippen molar-refractivity contribution in [3.8, 4) is 0 Å². The maximum absolute atomic E-state index is 5.65. The molecule has 0 radical (unpaired) electrons. The summed E-state index contributed by atoms with van der Waals surface area (Å²) in [6.45, 7) is 6.37. The van der Waals surface area contributed by atoms with Gasteiger partial charge in [0.1, 0.15) is 0 Å². The predicted octanol–water partition coefficient (Wildman–Crippen LogP) is 2.24. The quantitative estimate of drug-likeness (QED) is 0.885. The minimum Gasteiger partial charge on any atom is -0.373 e. The molecule has 0 aromatic heterocycles. The van der Waals surface area contributed by atoms with Crippen LogP contribution in [0, 0.1) is 0 Å². The van der Waals surface area contributed by atoms with Crippen LogP contribution >= 0.6 is 0 Å². The summed E-state index contributed by atoms with van der Waals surface area (Å²) in [6, 6.07) is 6.70. The van der Waals surface area contributed by atoms with Gasteiger partial charge < -0.3 is 15.5 Å². The van der Waals surface area contributed by atoms with Gasteiger partial charge in [-0.05, 0) is 37.4 Å². The van der Waals surface area contributed by atoms with Crippen LogP contribution in [0.1, 0.15) is 25.3 Å². The van der Waals surface area contributed by atoms with Crippen LogP contribution < -0.4 is 15.5 Å². The third-order valence-electron chi connectivity index (χ3n) is 3.76. The Bertz CT molecular complexity index is 389. The molecule has 2 N–H and O–H groups in total. The number of rotatable bonds is 4. The fraction of sp³-hybridized carbons (Fsp3) is 0.600. The van der Waals surface area contributed by atoms with Crippen molar-refractivity contribution in [2.45, 2.75) is 26.2 Å². The van der Waals surface area contributed by atoms with E-state index in [1.807, 2.05) is 0 Å². The fourth-order valence-electron chi connectivity index (χ4n) is 2.80. The summed E-state index contributed by atoms with van der Waals surface area (Å²) < 4.78 is 0. The van der Waals surface area contributed by atoms with E-state index >= 15 is 0 Å². The summed E-state index contributed by atoms with van der Waals surface area (Å²) in [5.74, 6) is 0. The Morgan fingerprint density at radius 2 is 2.11 bits per heavy atom. The number of benzene rings is 1. The summed E-state index contributed by atoms with van der Waals surface area (Å²) in [7, 11) is 2.21. The van der Waals surface area contributed by atoms with Crippen LogP contribution in [0.4, 0.5) is 11.4 Å². The number of para-hydroxylation sites is 1. The molecular weight excluding hydrogens is 222 g/mol. The second-order valence-corrected chi connectivity index (χ2v) is 5.04. The van der Waals surface area contributed by atoms with Gasteiger partial charge >= 0.3 is 0 Å². The average molecular weight is 247 g/mol. The van der Waals surface area contributed by atoms with Gasteiger partial charge in [0, 0.05) is 26.7 Å². The molecular formula is C15H25N3. The first-order chi connectivity index (χ1) is 8.77. The molecule has 2 rings (SSSR count). The molecule has 0 amide bonds. The average Bonchev–Trinajstić information content (AvgIpc) is 2.56. The zero-order valence-electron chi connectivity index (χ0n) is 11.7. The normalized spacial score (nSPS) is 15.5. The molecule has 1 heterocycles. The molecule has 100 valence electrons. The third-order valence-corrected chi connectivity index (χ3v) is 3.76. The largest absolute Gasteiger partial charge is 0.373 e. The zero-order valence-corrected chi connectivity index (χ0v) is 11.7. The van der Waals surface area contributed by atoms with Gasteiger partial charge in [0.2, 0.25) is 0 Å². The lowest BCUT2D eigenvalue weighted by molar-refractivity contribution is 0.710. The van der Waals surface area contributed by atoms with Crippen LogP contribution in [0.2, 0.25) is 0 Å². The molecule has 0 unspecified atom stereocenters. The summed E-state index contributed by atoms with van der Waals surface area (Å²) >= 11 is 0. The van der Waals surface area contributed by atoms with Crippen molar-refractivity contribution < 1.29 is 0 Å². The highest BCUT2D eigenvalue weighted by atomic mass is 15.2. The molecule has 0 spiro atoms. The number of anilines is 2. The highest BCUT2D eigenvalue weighted by molar-refractivity contribution is 5.75. The zero-order chi connectivity index (χ0) is 13.0. The van der Waals surface area contributed by atoms with Crippen molar-refractivity contribution in [1.29, 1.82) is 0 Å². The molecule has 0 fully saturated rings. The summed E-state index contributed by atoms with van der Waals surface area (Å²) in [5.41, 5.74) is 9.92. The monoisotopic (exact) mass is 247 g/mol. The lowest BCUT2D eigenvalue weighted by Crippen LogP contribution is -2.26. The highest BCUT2D eigenvalue weighted by Gasteiger charge is 2.19. The van der Waals surface area contributed by atoms with E-state index in [-0.39, 0.29) is 0 Å². The van der Waals surface area contributed by atoms with E-state index in [1.165, 1.54) is 23.4 Å². The number of nitrogens with two attached hydrogens (primary N) is 1. The maximum atomic E-state index is 5.65. The topological polar surface area (TPSA) is 32.5 Å². The Morgan fingerprint density at radius 1 is 1.28 bits per heavy atom. The Balaban J connectivity index is 2.36. The number of hydrogen-bond acceptors (Lipinski definition) is 3. The van der Waals surface area contributed by atoms with Crippen molar-refractivity contribution in [3.05, 3.63) is 23.8 Å². The molecule has 3 heteroatoms. The van der Waals surface area contributed by atoms with Gasteiger partial charge in [0.05, 0.1) is 11.4 Å². The van der Waals surface area contributed by atoms with Gasteiger partial charge in [-0.15, -0.1) is 0 Å². The SMILES string of the molecule is CCc1cccc2c1N(C)CCCN2CCCN. The van der Waals surface area contributed by atoms with Crippen LogP contribution in [0.25, 0.3) is 0 Å². The van der Waals surface area contributed by atoms with E-state index in [4.69, 9.17) is 5.73 Å². The molecule has 0 aliphatic carbocycles. The van der Waals surface area contributed by atoms with Crippen LogP contribution in [0.15, 0.2) is 18.2 Å². The standard InChI is InChI=1S/C15H25N3/c1-3-13-7-4-8-14-15(13)17(2)10-6-12-18(14)11-5-9-16/h4,7-8H,3,5-6,9-12,16H2,1-2H3. The van der Waals surface area contributed by atoms with E-state index in [9.17, 15) is 0 Å². The van der Waals surface area contributed by atoms with Crippen molar-refractivity contribution in [2.24, 2.45) is 5.73 Å². The van der Waals surface area contributed by atoms with Crippen LogP contribution in [-0.2, 0) is 6.42 Å². The fourth-order valence-corrected chi connectivity index (χ4v) is 2.80. The van der Waals surface area contributed by atoms with Crippen LogP contribution in [-0.4, -0.2) is 33.2 Å². The van der Waals surface area contributed by atoms with E-state index in [2.05, 4.69) is 42.0 Å². The molecule has 18 heavy (non-hydrogen) atoms. The van der Waals surface area contributed by atoms with Crippen LogP contribution in [0.3, 0.4) is 0 Å². The minimum absolute atomic E-state index is 0.773. The number of fused-ring (bicyclic) bond motifs is 1. The van der Waals surface area contributed by atoms with Crippen LogP contribution in [0.5, 0.6) is 0 Å². The van der Waals surface area contributed by atoms with Crippen molar-refractivity contribution >= 4 is 11.4 Å². The third kappa shape index (κ3) is 2.61. The first-order valence-electron chi connectivity index (χ1n) is 7.06. The molecule has 0 saturated heterocycles. The predicted molar refractivity (Wildman–Crippen MR) is 79.6 cm³/mol. The molecule has 1 aromatic carbocycles. The summed E-state index contributed by atoms with van der Waals surface area (Å²) in [5, 5.41) is 0. The maximum Gasteiger partial charge on any atom is 0.0633 e. The van der Waals surface area contributed by atoms with Crippen molar-refractivity contribution in [1.82, 2.24) is 0 Å². The molecule has 0 saturated carbocycles. The van der Waals surface area contributed by atoms with E-state index in [0.717, 1.165) is 39.0 Å². The molecule has 1 aliphatic heterocycles. The van der Waals surface area contributed by atoms with Gasteiger partial charge in [-0.3, -0.25) is 0 Å². The highest BCUT2D eigenvalue weighted by Crippen LogP contribution is 2.35. The molecule has 0 atom stereocenters. The van der Waals surface area contributed by atoms with E-state index in [0.29, 0.717) is 0 Å². The Morgan fingerprint density at radius 3 is 2.83 bits per heavy atom. The second-order valence-electron chi connectivity index (χ2n) is 5.04. The number of hydrogen-bond donors (Lipinski definition) is 1. The molecule has 1 aromatic rings. The van der Waals surface area contributed by atoms with Gasteiger partial charge in [0.25, 0.3) is 0 Å². The van der Waals surface area contributed by atoms with Gasteiger partial charge in [-0.1, -0.05) is 19.1 Å². The first-order valence-corrected chi connectivity index (χ1v) is 7.06. The lowest BCUT2D eigenvalue weighted by atomic mass is 10.1. The van der Waals surface area contributed by atoms with Gasteiger partial charge in [-0.2, -0.15) is 0 Å². The van der Waals surface area contributed by atoms with Gasteiger partial charge in [0.15, 0.2) is 0 Å². The molecule has 1 aliphatic rings. The second kappa shape index (κ2) is 6.10. The Hall–Kier alpha value is -1.22. The summed E-state index contributed by atoms with van der Waals surface area (Å²) in [4.78, 5) is 4.92. The van der Waals surface area contributed by atoms with E-state index in [1.54, 1.807) is 0 Å².